The van der Waals surface area contributed by atoms with E-state index in [1.165, 1.54) is 13.8 Å². The van der Waals surface area contributed by atoms with Gasteiger partial charge in [0.1, 0.15) is 0 Å². The van der Waals surface area contributed by atoms with Gasteiger partial charge in [0.15, 0.2) is 0 Å². The van der Waals surface area contributed by atoms with E-state index in [4.69, 9.17) is 9.11 Å². The highest BCUT2D eigenvalue weighted by atomic mass is 32.2. The Hall–Kier alpha value is -0.960. The fourth-order valence-corrected chi connectivity index (χ4v) is 2.90. The smallest absolute Gasteiger partial charge is 0.282 e. The van der Waals surface area contributed by atoms with Crippen LogP contribution in [0.15, 0.2) is 21.9 Å². The normalized spacial score (nSPS) is 12.8. The minimum Gasteiger partial charge on any atom is -0.282 e. The first-order chi connectivity index (χ1) is 7.03. The molecule has 0 aliphatic carbocycles. The van der Waals surface area contributed by atoms with Gasteiger partial charge in [-0.2, -0.15) is 16.8 Å². The number of benzene rings is 1. The third-order valence-corrected chi connectivity index (χ3v) is 4.02. The van der Waals surface area contributed by atoms with Crippen LogP contribution in [-0.2, 0) is 20.2 Å². The zero-order valence-corrected chi connectivity index (χ0v) is 10.1. The maximum absolute atomic E-state index is 10.9. The molecule has 0 bridgehead atoms. The summed E-state index contributed by atoms with van der Waals surface area (Å²) in [4.78, 5) is -0.755. The number of hydrogen-bond acceptors (Lipinski definition) is 4. The van der Waals surface area contributed by atoms with Gasteiger partial charge in [-0.15, -0.1) is 0 Å². The molecule has 0 unspecified atom stereocenters. The lowest BCUT2D eigenvalue weighted by Crippen LogP contribution is -2.06. The molecule has 16 heavy (non-hydrogen) atoms. The zero-order chi connectivity index (χ0) is 12.7. The summed E-state index contributed by atoms with van der Waals surface area (Å²) in [6.07, 6.45) is 0. The first kappa shape index (κ1) is 13.1. The van der Waals surface area contributed by atoms with Crippen LogP contribution < -0.4 is 0 Å². The lowest BCUT2D eigenvalue weighted by atomic mass is 10.2. The zero-order valence-electron chi connectivity index (χ0n) is 8.50. The molecule has 1 rings (SSSR count). The predicted octanol–water partition coefficient (Wildman–Crippen LogP) is 0.797. The maximum atomic E-state index is 10.9. The summed E-state index contributed by atoms with van der Waals surface area (Å²) in [6, 6.07) is 1.99. The highest BCUT2D eigenvalue weighted by molar-refractivity contribution is 7.86. The van der Waals surface area contributed by atoms with E-state index in [9.17, 15) is 16.8 Å². The Kier molecular flexibility index (Phi) is 3.12. The molecule has 0 fully saturated rings. The summed E-state index contributed by atoms with van der Waals surface area (Å²) in [7, 11) is -8.79. The van der Waals surface area contributed by atoms with Crippen molar-refractivity contribution >= 4 is 20.2 Å². The van der Waals surface area contributed by atoms with E-state index >= 15 is 0 Å². The van der Waals surface area contributed by atoms with Crippen molar-refractivity contribution in [1.29, 1.82) is 0 Å². The second-order valence-electron chi connectivity index (χ2n) is 3.33. The van der Waals surface area contributed by atoms with Crippen molar-refractivity contribution in [2.24, 2.45) is 0 Å². The van der Waals surface area contributed by atoms with Crippen molar-refractivity contribution in [1.82, 2.24) is 0 Å². The molecule has 1 aromatic carbocycles. The Bertz CT molecular complexity index is 569. The van der Waals surface area contributed by atoms with Crippen LogP contribution in [-0.4, -0.2) is 25.9 Å². The molecule has 0 saturated heterocycles. The number of aryl methyl sites for hydroxylation is 2. The van der Waals surface area contributed by atoms with Crippen LogP contribution in [0.4, 0.5) is 0 Å². The highest BCUT2D eigenvalue weighted by Crippen LogP contribution is 2.23. The van der Waals surface area contributed by atoms with Crippen LogP contribution in [0.3, 0.4) is 0 Å². The van der Waals surface area contributed by atoms with Gasteiger partial charge in [-0.3, -0.25) is 9.11 Å². The first-order valence-corrected chi connectivity index (χ1v) is 6.97. The number of hydrogen-bond donors (Lipinski definition) is 2. The summed E-state index contributed by atoms with van der Waals surface area (Å²) < 4.78 is 61.3. The molecule has 0 saturated carbocycles. The van der Waals surface area contributed by atoms with E-state index in [0.717, 1.165) is 12.1 Å². The van der Waals surface area contributed by atoms with Crippen molar-refractivity contribution in [3.63, 3.8) is 0 Å². The fraction of sp³-hybridized carbons (Fsp3) is 0.250. The molecule has 0 radical (unpaired) electrons. The Morgan fingerprint density at radius 3 is 1.25 bits per heavy atom. The molecule has 0 aromatic heterocycles. The van der Waals surface area contributed by atoms with Gasteiger partial charge >= 0.3 is 0 Å². The molecule has 8 heteroatoms. The van der Waals surface area contributed by atoms with Gasteiger partial charge in [0.2, 0.25) is 0 Å². The van der Waals surface area contributed by atoms with E-state index < -0.39 is 20.2 Å². The largest absolute Gasteiger partial charge is 0.294 e. The van der Waals surface area contributed by atoms with Crippen molar-refractivity contribution in [2.45, 2.75) is 23.6 Å². The summed E-state index contributed by atoms with van der Waals surface area (Å²) in [5.74, 6) is 0. The maximum Gasteiger partial charge on any atom is 0.294 e. The Balaban J connectivity index is 3.65. The van der Waals surface area contributed by atoms with Crippen LogP contribution in [0.1, 0.15) is 11.1 Å². The van der Waals surface area contributed by atoms with Crippen LogP contribution >= 0.6 is 0 Å². The predicted molar refractivity (Wildman–Crippen MR) is 55.5 cm³/mol. The molecule has 1 aromatic rings. The summed E-state index contributed by atoms with van der Waals surface area (Å²) in [6.45, 7) is 2.63. The quantitative estimate of drug-likeness (QED) is 0.766. The van der Waals surface area contributed by atoms with E-state index in [1.807, 2.05) is 0 Å². The Morgan fingerprint density at radius 2 is 1.06 bits per heavy atom. The average Bonchev–Trinajstić information content (AvgIpc) is 2.04. The minimum absolute atomic E-state index is 0.0423. The first-order valence-electron chi connectivity index (χ1n) is 4.09. The van der Waals surface area contributed by atoms with Crippen LogP contribution in [0, 0.1) is 13.8 Å². The van der Waals surface area contributed by atoms with E-state index in [1.54, 1.807) is 0 Å². The SMILES string of the molecule is Cc1cc(S(=O)(=O)O)c(C)cc1S(=O)(=O)O. The standard InChI is InChI=1S/C8H10O6S2/c1-5-3-8(16(12,13)14)6(2)4-7(5)15(9,10)11/h3-4H,1-2H3,(H,9,10,11)(H,12,13,14). The topological polar surface area (TPSA) is 109 Å². The Morgan fingerprint density at radius 1 is 0.812 bits per heavy atom. The summed E-state index contributed by atoms with van der Waals surface area (Å²) >= 11 is 0. The lowest BCUT2D eigenvalue weighted by Gasteiger charge is -2.07. The summed E-state index contributed by atoms with van der Waals surface area (Å²) in [5.41, 5.74) is 0.0847. The Labute approximate surface area is 93.4 Å². The lowest BCUT2D eigenvalue weighted by molar-refractivity contribution is 0.477. The van der Waals surface area contributed by atoms with E-state index in [2.05, 4.69) is 0 Å². The van der Waals surface area contributed by atoms with Crippen LogP contribution in [0.5, 0.6) is 0 Å². The second-order valence-corrected chi connectivity index (χ2v) is 6.11. The van der Waals surface area contributed by atoms with E-state index in [-0.39, 0.29) is 20.9 Å². The third-order valence-electron chi connectivity index (χ3n) is 2.03. The van der Waals surface area contributed by atoms with Gasteiger partial charge in [0, 0.05) is 0 Å². The molecular weight excluding hydrogens is 256 g/mol. The van der Waals surface area contributed by atoms with Gasteiger partial charge in [0.05, 0.1) is 9.79 Å². The molecule has 0 aliphatic heterocycles. The van der Waals surface area contributed by atoms with Crippen molar-refractivity contribution in [3.8, 4) is 0 Å². The molecule has 0 aliphatic rings. The van der Waals surface area contributed by atoms with Gasteiger partial charge < -0.3 is 0 Å². The molecule has 0 amide bonds. The molecule has 0 spiro atoms. The molecule has 6 nitrogen and oxygen atoms in total. The van der Waals surface area contributed by atoms with Gasteiger partial charge in [-0.25, -0.2) is 0 Å². The molecule has 0 atom stereocenters. The van der Waals surface area contributed by atoms with Gasteiger partial charge in [0.25, 0.3) is 20.2 Å². The summed E-state index contributed by atoms with van der Waals surface area (Å²) in [5, 5.41) is 0. The number of rotatable bonds is 2. The van der Waals surface area contributed by atoms with Crippen LogP contribution in [0.2, 0.25) is 0 Å². The van der Waals surface area contributed by atoms with Gasteiger partial charge in [-0.1, -0.05) is 0 Å². The molecule has 90 valence electrons. The third kappa shape index (κ3) is 2.59. The molecule has 2 N–H and O–H groups in total. The van der Waals surface area contributed by atoms with Crippen molar-refractivity contribution in [2.75, 3.05) is 0 Å². The van der Waals surface area contributed by atoms with E-state index in [0.29, 0.717) is 0 Å². The van der Waals surface area contributed by atoms with Crippen LogP contribution in [0.25, 0.3) is 0 Å². The minimum atomic E-state index is -4.39. The van der Waals surface area contributed by atoms with Crippen molar-refractivity contribution in [3.05, 3.63) is 23.3 Å². The van der Waals surface area contributed by atoms with Crippen molar-refractivity contribution < 1.29 is 25.9 Å². The molecule has 0 heterocycles. The second kappa shape index (κ2) is 3.81. The highest BCUT2D eigenvalue weighted by Gasteiger charge is 2.20. The monoisotopic (exact) mass is 266 g/mol. The molecular formula is C8H10O6S2. The average molecular weight is 266 g/mol. The van der Waals surface area contributed by atoms with Gasteiger partial charge in [-0.05, 0) is 37.1 Å². The fourth-order valence-electron chi connectivity index (χ4n) is 1.32.